The minimum Gasteiger partial charge on any atom is -0.336 e. The molecule has 2 fully saturated rings. The van der Waals surface area contributed by atoms with Gasteiger partial charge in [-0.2, -0.15) is 4.31 Å². The molecule has 0 saturated carbocycles. The summed E-state index contributed by atoms with van der Waals surface area (Å²) in [4.78, 5) is 33.1. The second-order valence-electron chi connectivity index (χ2n) is 10.5. The minimum absolute atomic E-state index is 0.0133. The number of carbonyl (C=O) groups excluding carboxylic acids is 2. The van der Waals surface area contributed by atoms with Gasteiger partial charge >= 0.3 is 0 Å². The normalized spacial score (nSPS) is 17.8. The van der Waals surface area contributed by atoms with E-state index in [4.69, 9.17) is 11.6 Å². The van der Waals surface area contributed by atoms with Crippen LogP contribution in [0, 0.1) is 0 Å². The number of benzene rings is 2. The van der Waals surface area contributed by atoms with Crippen molar-refractivity contribution in [3.05, 3.63) is 64.8 Å². The average Bonchev–Trinajstić information content (AvgIpc) is 3.30. The first-order valence-corrected chi connectivity index (χ1v) is 15.4. The maximum atomic E-state index is 13.8. The van der Waals surface area contributed by atoms with Gasteiger partial charge in [-0.15, -0.1) is 0 Å². The molecule has 2 aliphatic rings. The van der Waals surface area contributed by atoms with Crippen LogP contribution in [0.3, 0.4) is 0 Å². The van der Waals surface area contributed by atoms with Crippen LogP contribution in [0.1, 0.15) is 34.7 Å². The van der Waals surface area contributed by atoms with Crippen molar-refractivity contribution in [3.8, 4) is 5.69 Å². The fourth-order valence-electron chi connectivity index (χ4n) is 5.41. The molecule has 1 aromatic heterocycles. The van der Waals surface area contributed by atoms with Crippen LogP contribution in [0.25, 0.3) is 16.6 Å². The van der Waals surface area contributed by atoms with E-state index in [-0.39, 0.29) is 24.9 Å². The van der Waals surface area contributed by atoms with E-state index in [9.17, 15) is 18.0 Å². The van der Waals surface area contributed by atoms with Crippen molar-refractivity contribution >= 4 is 44.3 Å². The summed E-state index contributed by atoms with van der Waals surface area (Å²) in [7, 11) is -3.31. The Labute approximate surface area is 234 Å². The van der Waals surface area contributed by atoms with E-state index in [2.05, 4.69) is 18.7 Å². The van der Waals surface area contributed by atoms with Gasteiger partial charge in [-0.3, -0.25) is 14.5 Å². The summed E-state index contributed by atoms with van der Waals surface area (Å²) >= 11 is 6.31. The number of carbonyl (C=O) groups is 2. The highest BCUT2D eigenvalue weighted by Crippen LogP contribution is 2.29. The number of fused-ring (bicyclic) bond motifs is 1. The molecule has 39 heavy (non-hydrogen) atoms. The highest BCUT2D eigenvalue weighted by atomic mass is 35.5. The number of hydrogen-bond acceptors (Lipinski definition) is 5. The van der Waals surface area contributed by atoms with Crippen LogP contribution in [0.15, 0.2) is 48.5 Å². The Morgan fingerprint density at radius 3 is 2.08 bits per heavy atom. The number of nitrogens with zero attached hydrogens (tertiary/aromatic N) is 5. The molecule has 11 heteroatoms. The molecule has 208 valence electrons. The smallest absolute Gasteiger partial charge is 0.270 e. The second kappa shape index (κ2) is 10.9. The number of hydrogen-bond donors (Lipinski definition) is 0. The van der Waals surface area contributed by atoms with Crippen LogP contribution < -0.4 is 0 Å². The first-order valence-electron chi connectivity index (χ1n) is 13.2. The van der Waals surface area contributed by atoms with Crippen LogP contribution in [-0.2, 0) is 10.0 Å². The quantitative estimate of drug-likeness (QED) is 0.470. The first kappa shape index (κ1) is 27.6. The number of amides is 2. The molecule has 2 amide bonds. The van der Waals surface area contributed by atoms with Crippen LogP contribution >= 0.6 is 11.6 Å². The van der Waals surface area contributed by atoms with Crippen LogP contribution in [0.2, 0.25) is 5.02 Å². The molecule has 0 bridgehead atoms. The summed E-state index contributed by atoms with van der Waals surface area (Å²) in [5, 5.41) is 1.32. The molecule has 0 spiro atoms. The van der Waals surface area contributed by atoms with Gasteiger partial charge < -0.3 is 14.4 Å². The van der Waals surface area contributed by atoms with E-state index in [1.54, 1.807) is 17.0 Å². The van der Waals surface area contributed by atoms with E-state index >= 15 is 0 Å². The molecule has 3 aromatic rings. The van der Waals surface area contributed by atoms with Gasteiger partial charge in [-0.05, 0) is 56.3 Å². The lowest BCUT2D eigenvalue weighted by molar-refractivity contribution is 0.0595. The van der Waals surface area contributed by atoms with Crippen molar-refractivity contribution in [2.75, 3.05) is 58.6 Å². The number of rotatable bonds is 5. The van der Waals surface area contributed by atoms with Gasteiger partial charge in [0, 0.05) is 80.1 Å². The second-order valence-corrected chi connectivity index (χ2v) is 12.9. The lowest BCUT2D eigenvalue weighted by Gasteiger charge is -2.37. The van der Waals surface area contributed by atoms with Crippen LogP contribution in [0.4, 0.5) is 0 Å². The lowest BCUT2D eigenvalue weighted by Crippen LogP contribution is -2.50. The van der Waals surface area contributed by atoms with E-state index in [0.717, 1.165) is 29.7 Å². The topological polar surface area (TPSA) is 86.2 Å². The Morgan fingerprint density at radius 2 is 1.46 bits per heavy atom. The Morgan fingerprint density at radius 1 is 0.821 bits per heavy atom. The molecule has 0 aliphatic carbocycles. The monoisotopic (exact) mass is 571 g/mol. The van der Waals surface area contributed by atoms with Gasteiger partial charge in [0.05, 0.1) is 11.8 Å². The summed E-state index contributed by atoms with van der Waals surface area (Å²) in [5.74, 6) is -0.211. The van der Waals surface area contributed by atoms with Crippen molar-refractivity contribution in [1.82, 2.24) is 23.6 Å². The Kier molecular flexibility index (Phi) is 7.74. The van der Waals surface area contributed by atoms with Gasteiger partial charge in [0.15, 0.2) is 0 Å². The number of halogens is 1. The van der Waals surface area contributed by atoms with E-state index in [0.29, 0.717) is 48.5 Å². The number of piperazine rings is 2. The molecule has 0 unspecified atom stereocenters. The highest BCUT2D eigenvalue weighted by Gasteiger charge is 2.29. The fraction of sp³-hybridized carbons (Fsp3) is 0.429. The molecular formula is C28H34ClN5O4S. The Bertz CT molecular complexity index is 1500. The van der Waals surface area contributed by atoms with Crippen LogP contribution in [-0.4, -0.2) is 108 Å². The number of aromatic nitrogens is 1. The summed E-state index contributed by atoms with van der Waals surface area (Å²) in [6.07, 6.45) is 1.19. The molecule has 3 heterocycles. The van der Waals surface area contributed by atoms with E-state index in [1.807, 2.05) is 45.9 Å². The zero-order valence-corrected chi connectivity index (χ0v) is 24.1. The predicted molar refractivity (Wildman–Crippen MR) is 153 cm³/mol. The van der Waals surface area contributed by atoms with Crippen molar-refractivity contribution < 1.29 is 18.0 Å². The minimum atomic E-state index is -3.31. The highest BCUT2D eigenvalue weighted by molar-refractivity contribution is 7.88. The first-order chi connectivity index (χ1) is 18.5. The average molecular weight is 572 g/mol. The molecule has 2 aliphatic heterocycles. The van der Waals surface area contributed by atoms with Crippen molar-refractivity contribution in [2.45, 2.75) is 19.9 Å². The molecule has 2 aromatic carbocycles. The maximum Gasteiger partial charge on any atom is 0.270 e. The van der Waals surface area contributed by atoms with Crippen LogP contribution in [0.5, 0.6) is 0 Å². The molecule has 0 atom stereocenters. The molecular weight excluding hydrogens is 538 g/mol. The molecule has 2 saturated heterocycles. The van der Waals surface area contributed by atoms with Gasteiger partial charge in [-0.25, -0.2) is 8.42 Å². The summed E-state index contributed by atoms with van der Waals surface area (Å²) in [6, 6.07) is 15.1. The zero-order chi connectivity index (χ0) is 27.9. The largest absolute Gasteiger partial charge is 0.336 e. The standard InChI is InChI=1S/C28H34ClN5O4S/c1-20(2)30-9-11-31(12-10-30)27(35)21-7-8-25-22(17-21)18-26(34(25)24-6-4-5-23(29)19-24)28(36)32-13-15-33(16-14-32)39(3,37)38/h4-8,17-20H,9-16H2,1-3H3. The van der Waals surface area contributed by atoms with E-state index in [1.165, 1.54) is 10.6 Å². The van der Waals surface area contributed by atoms with Gasteiger partial charge in [0.2, 0.25) is 10.0 Å². The molecule has 0 radical (unpaired) electrons. The Balaban J connectivity index is 1.47. The third-order valence-electron chi connectivity index (χ3n) is 7.66. The van der Waals surface area contributed by atoms with Gasteiger partial charge in [0.25, 0.3) is 11.8 Å². The van der Waals surface area contributed by atoms with Gasteiger partial charge in [-0.1, -0.05) is 17.7 Å². The zero-order valence-electron chi connectivity index (χ0n) is 22.5. The third kappa shape index (κ3) is 5.70. The molecule has 9 nitrogen and oxygen atoms in total. The van der Waals surface area contributed by atoms with E-state index < -0.39 is 10.0 Å². The summed E-state index contributed by atoms with van der Waals surface area (Å²) in [5.41, 5.74) is 2.55. The summed E-state index contributed by atoms with van der Waals surface area (Å²) < 4.78 is 27.1. The third-order valence-corrected chi connectivity index (χ3v) is 9.20. The SMILES string of the molecule is CC(C)N1CCN(C(=O)c2ccc3c(c2)cc(C(=O)N2CCN(S(C)(=O)=O)CC2)n3-c2cccc(Cl)c2)CC1. The van der Waals surface area contributed by atoms with Crippen molar-refractivity contribution in [3.63, 3.8) is 0 Å². The molecule has 0 N–H and O–H groups in total. The van der Waals surface area contributed by atoms with Gasteiger partial charge in [0.1, 0.15) is 5.69 Å². The maximum absolute atomic E-state index is 13.8. The molecule has 5 rings (SSSR count). The summed E-state index contributed by atoms with van der Waals surface area (Å²) in [6.45, 7) is 8.51. The van der Waals surface area contributed by atoms with Crippen molar-refractivity contribution in [1.29, 1.82) is 0 Å². The predicted octanol–water partition coefficient (Wildman–Crippen LogP) is 3.17. The lowest BCUT2D eigenvalue weighted by atomic mass is 10.1. The fourth-order valence-corrected chi connectivity index (χ4v) is 6.42. The van der Waals surface area contributed by atoms with Crippen molar-refractivity contribution in [2.24, 2.45) is 0 Å². The number of sulfonamides is 1. The Hall–Kier alpha value is -2.92.